The summed E-state index contributed by atoms with van der Waals surface area (Å²) in [5.41, 5.74) is 3.58. The van der Waals surface area contributed by atoms with Crippen molar-refractivity contribution in [1.29, 1.82) is 0 Å². The van der Waals surface area contributed by atoms with E-state index >= 15 is 0 Å². The maximum absolute atomic E-state index is 9.64. The van der Waals surface area contributed by atoms with Gasteiger partial charge in [-0.05, 0) is 54.7 Å². The first kappa shape index (κ1) is 13.7. The number of nitrogens with one attached hydrogen (secondary N) is 1. The Morgan fingerprint density at radius 1 is 1.29 bits per heavy atom. The quantitative estimate of drug-likeness (QED) is 0.907. The Morgan fingerprint density at radius 2 is 2.14 bits per heavy atom. The lowest BCUT2D eigenvalue weighted by molar-refractivity contribution is 0.472. The van der Waals surface area contributed by atoms with Crippen LogP contribution in [-0.2, 0) is 6.42 Å². The molecule has 2 N–H and O–H groups in total. The number of hydrogen-bond acceptors (Lipinski definition) is 4. The Bertz CT molecular complexity index is 640. The van der Waals surface area contributed by atoms with E-state index in [2.05, 4.69) is 16.4 Å². The number of phenols is 1. The monoisotopic (exact) mass is 283 g/mol. The predicted molar refractivity (Wildman–Crippen MR) is 86.0 cm³/mol. The number of pyridine rings is 1. The second-order valence-electron chi connectivity index (χ2n) is 5.74. The number of aromatic nitrogens is 1. The molecule has 1 aromatic carbocycles. The van der Waals surface area contributed by atoms with Crippen LogP contribution >= 0.6 is 0 Å². The van der Waals surface area contributed by atoms with Crippen molar-refractivity contribution < 1.29 is 5.11 Å². The van der Waals surface area contributed by atoms with E-state index in [1.54, 1.807) is 6.07 Å². The van der Waals surface area contributed by atoms with Crippen molar-refractivity contribution >= 4 is 11.5 Å². The summed E-state index contributed by atoms with van der Waals surface area (Å²) < 4.78 is 0. The number of phenolic OH excluding ortho intramolecular Hbond substituents is 1. The molecule has 1 atom stereocenters. The van der Waals surface area contributed by atoms with Crippen LogP contribution in [0.5, 0.6) is 5.75 Å². The molecule has 0 fully saturated rings. The molecule has 0 amide bonds. The normalized spacial score (nSPS) is 17.1. The molecule has 0 spiro atoms. The molecule has 1 heterocycles. The first-order chi connectivity index (χ1) is 10.1. The van der Waals surface area contributed by atoms with Gasteiger partial charge in [0.2, 0.25) is 0 Å². The van der Waals surface area contributed by atoms with Gasteiger partial charge in [0, 0.05) is 20.3 Å². The Hall–Kier alpha value is -2.23. The fourth-order valence-electron chi connectivity index (χ4n) is 3.00. The molecule has 1 aromatic heterocycles. The zero-order valence-electron chi connectivity index (χ0n) is 12.5. The summed E-state index contributed by atoms with van der Waals surface area (Å²) in [6.45, 7) is 0. The Balaban J connectivity index is 1.91. The van der Waals surface area contributed by atoms with Gasteiger partial charge in [0.25, 0.3) is 0 Å². The first-order valence-electron chi connectivity index (χ1n) is 7.36. The average molecular weight is 283 g/mol. The molecule has 110 valence electrons. The van der Waals surface area contributed by atoms with E-state index in [0.29, 0.717) is 5.75 Å². The van der Waals surface area contributed by atoms with Gasteiger partial charge in [-0.2, -0.15) is 0 Å². The highest BCUT2D eigenvalue weighted by Gasteiger charge is 2.21. The van der Waals surface area contributed by atoms with Crippen molar-refractivity contribution in [2.24, 2.45) is 0 Å². The SMILES string of the molecule is CN(C)c1ncccc1NC1CCCc2cc(O)ccc21. The molecule has 1 aliphatic carbocycles. The highest BCUT2D eigenvalue weighted by atomic mass is 16.3. The van der Waals surface area contributed by atoms with Gasteiger partial charge in [0.05, 0.1) is 11.7 Å². The smallest absolute Gasteiger partial charge is 0.151 e. The van der Waals surface area contributed by atoms with E-state index in [1.165, 1.54) is 11.1 Å². The van der Waals surface area contributed by atoms with E-state index < -0.39 is 0 Å². The largest absolute Gasteiger partial charge is 0.508 e. The minimum Gasteiger partial charge on any atom is -0.508 e. The van der Waals surface area contributed by atoms with Crippen LogP contribution in [0.1, 0.15) is 30.0 Å². The molecule has 0 saturated heterocycles. The van der Waals surface area contributed by atoms with Crippen molar-refractivity contribution in [3.05, 3.63) is 47.7 Å². The van der Waals surface area contributed by atoms with Crippen LogP contribution < -0.4 is 10.2 Å². The molecule has 1 unspecified atom stereocenters. The van der Waals surface area contributed by atoms with Crippen molar-refractivity contribution in [2.45, 2.75) is 25.3 Å². The Kier molecular flexibility index (Phi) is 3.69. The number of aryl methyl sites for hydroxylation is 1. The van der Waals surface area contributed by atoms with E-state index in [4.69, 9.17) is 0 Å². The molecular weight excluding hydrogens is 262 g/mol. The van der Waals surface area contributed by atoms with Crippen LogP contribution in [-0.4, -0.2) is 24.2 Å². The molecule has 21 heavy (non-hydrogen) atoms. The molecule has 4 heteroatoms. The summed E-state index contributed by atoms with van der Waals surface area (Å²) in [7, 11) is 4.00. The van der Waals surface area contributed by atoms with Crippen LogP contribution in [0.4, 0.5) is 11.5 Å². The topological polar surface area (TPSA) is 48.4 Å². The van der Waals surface area contributed by atoms with Gasteiger partial charge in [0.15, 0.2) is 5.82 Å². The van der Waals surface area contributed by atoms with E-state index in [-0.39, 0.29) is 6.04 Å². The van der Waals surface area contributed by atoms with Crippen molar-refractivity contribution in [1.82, 2.24) is 4.98 Å². The van der Waals surface area contributed by atoms with Gasteiger partial charge >= 0.3 is 0 Å². The van der Waals surface area contributed by atoms with Crippen LogP contribution in [0.15, 0.2) is 36.5 Å². The zero-order valence-corrected chi connectivity index (χ0v) is 12.5. The number of rotatable bonds is 3. The fourth-order valence-corrected chi connectivity index (χ4v) is 3.00. The molecule has 0 saturated carbocycles. The number of fused-ring (bicyclic) bond motifs is 1. The van der Waals surface area contributed by atoms with Gasteiger partial charge in [0.1, 0.15) is 5.75 Å². The van der Waals surface area contributed by atoms with Crippen molar-refractivity contribution in [2.75, 3.05) is 24.3 Å². The van der Waals surface area contributed by atoms with Gasteiger partial charge in [-0.3, -0.25) is 0 Å². The van der Waals surface area contributed by atoms with Crippen molar-refractivity contribution in [3.8, 4) is 5.75 Å². The summed E-state index contributed by atoms with van der Waals surface area (Å²) in [6, 6.07) is 9.99. The molecule has 3 rings (SSSR count). The zero-order chi connectivity index (χ0) is 14.8. The third-order valence-corrected chi connectivity index (χ3v) is 3.98. The van der Waals surface area contributed by atoms with Crippen LogP contribution in [0.2, 0.25) is 0 Å². The summed E-state index contributed by atoms with van der Waals surface area (Å²) in [6.07, 6.45) is 5.08. The summed E-state index contributed by atoms with van der Waals surface area (Å²) >= 11 is 0. The molecule has 4 nitrogen and oxygen atoms in total. The number of nitrogens with zero attached hydrogens (tertiary/aromatic N) is 2. The van der Waals surface area contributed by atoms with Crippen LogP contribution in [0, 0.1) is 0 Å². The highest BCUT2D eigenvalue weighted by molar-refractivity contribution is 5.65. The molecule has 1 aliphatic rings. The standard InChI is InChI=1S/C17H21N3O/c1-20(2)17-16(7-4-10-18-17)19-15-6-3-5-12-11-13(21)8-9-14(12)15/h4,7-11,15,19,21H,3,5-6H2,1-2H3. The maximum atomic E-state index is 9.64. The molecule has 0 aliphatic heterocycles. The summed E-state index contributed by atoms with van der Waals surface area (Å²) in [5.74, 6) is 1.30. The van der Waals surface area contributed by atoms with Gasteiger partial charge in [-0.15, -0.1) is 0 Å². The number of aromatic hydroxyl groups is 1. The van der Waals surface area contributed by atoms with Crippen LogP contribution in [0.25, 0.3) is 0 Å². The second-order valence-corrected chi connectivity index (χ2v) is 5.74. The second kappa shape index (κ2) is 5.64. The summed E-state index contributed by atoms with van der Waals surface area (Å²) in [5, 5.41) is 13.3. The first-order valence-corrected chi connectivity index (χ1v) is 7.36. The molecule has 2 aromatic rings. The molecular formula is C17H21N3O. The van der Waals surface area contributed by atoms with Crippen molar-refractivity contribution in [3.63, 3.8) is 0 Å². The third kappa shape index (κ3) is 2.79. The maximum Gasteiger partial charge on any atom is 0.151 e. The fraction of sp³-hybridized carbons (Fsp3) is 0.353. The minimum atomic E-state index is 0.275. The lowest BCUT2D eigenvalue weighted by atomic mass is 9.87. The van der Waals surface area contributed by atoms with Gasteiger partial charge in [-0.1, -0.05) is 6.07 Å². The molecule has 0 bridgehead atoms. The number of benzene rings is 1. The number of hydrogen-bond donors (Lipinski definition) is 2. The van der Waals surface area contributed by atoms with Gasteiger partial charge < -0.3 is 15.3 Å². The Morgan fingerprint density at radius 3 is 2.95 bits per heavy atom. The Labute approximate surface area is 125 Å². The van der Waals surface area contributed by atoms with E-state index in [1.807, 2.05) is 43.4 Å². The lowest BCUT2D eigenvalue weighted by Crippen LogP contribution is -2.20. The average Bonchev–Trinajstić information content (AvgIpc) is 2.47. The summed E-state index contributed by atoms with van der Waals surface area (Å²) in [4.78, 5) is 6.45. The molecule has 0 radical (unpaired) electrons. The minimum absolute atomic E-state index is 0.275. The third-order valence-electron chi connectivity index (χ3n) is 3.98. The predicted octanol–water partition coefficient (Wildman–Crippen LogP) is 3.34. The van der Waals surface area contributed by atoms with E-state index in [0.717, 1.165) is 30.8 Å². The van der Waals surface area contributed by atoms with E-state index in [9.17, 15) is 5.11 Å². The highest BCUT2D eigenvalue weighted by Crippen LogP contribution is 2.35. The van der Waals surface area contributed by atoms with Gasteiger partial charge in [-0.25, -0.2) is 4.98 Å². The van der Waals surface area contributed by atoms with Crippen LogP contribution in [0.3, 0.4) is 0 Å². The lowest BCUT2D eigenvalue weighted by Gasteiger charge is -2.28. The number of anilines is 2.